The van der Waals surface area contributed by atoms with Crippen LogP contribution < -0.4 is 10.3 Å². The van der Waals surface area contributed by atoms with Crippen LogP contribution in [0.4, 0.5) is 0 Å². The molecule has 0 radical (unpaired) electrons. The number of carbonyl (C=O) groups is 1. The Morgan fingerprint density at radius 3 is 2.42 bits per heavy atom. The van der Waals surface area contributed by atoms with Gasteiger partial charge in [0.1, 0.15) is 5.75 Å². The molecule has 0 amide bonds. The number of thioether (sulfide) groups is 2. The molecule has 0 spiro atoms. The number of rotatable bonds is 3. The molecular weight excluding hydrogens is 368 g/mol. The molecule has 0 saturated carbocycles. The molecule has 0 bridgehead atoms. The van der Waals surface area contributed by atoms with Crippen LogP contribution in [0.2, 0.25) is 0 Å². The number of esters is 1. The molecule has 0 aliphatic carbocycles. The van der Waals surface area contributed by atoms with Gasteiger partial charge in [-0.2, -0.15) is 5.10 Å². The normalized spacial score (nSPS) is 14.7. The maximum absolute atomic E-state index is 12.6. The van der Waals surface area contributed by atoms with Crippen molar-refractivity contribution in [1.82, 2.24) is 9.78 Å². The van der Waals surface area contributed by atoms with E-state index in [1.165, 1.54) is 12.6 Å². The third kappa shape index (κ3) is 3.24. The van der Waals surface area contributed by atoms with E-state index in [4.69, 9.17) is 4.74 Å². The minimum Gasteiger partial charge on any atom is -0.422 e. The molecule has 2 heterocycles. The van der Waals surface area contributed by atoms with Gasteiger partial charge in [0.15, 0.2) is 5.69 Å². The largest absolute Gasteiger partial charge is 0.422 e. The maximum Gasteiger partial charge on any atom is 0.364 e. The van der Waals surface area contributed by atoms with Gasteiger partial charge in [0.25, 0.3) is 5.56 Å². The number of aryl methyl sites for hydroxylation is 1. The van der Waals surface area contributed by atoms with Crippen LogP contribution in [0, 0.1) is 0 Å². The van der Waals surface area contributed by atoms with Crippen LogP contribution in [0.3, 0.4) is 0 Å². The topological polar surface area (TPSA) is 61.2 Å². The van der Waals surface area contributed by atoms with Crippen molar-refractivity contribution in [2.24, 2.45) is 7.05 Å². The second-order valence-corrected chi connectivity index (χ2v) is 8.58. The Kier molecular flexibility index (Phi) is 4.74. The van der Waals surface area contributed by atoms with Gasteiger partial charge < -0.3 is 4.74 Å². The van der Waals surface area contributed by atoms with Gasteiger partial charge in [-0.3, -0.25) is 4.79 Å². The van der Waals surface area contributed by atoms with Crippen molar-refractivity contribution >= 4 is 40.3 Å². The van der Waals surface area contributed by atoms with Gasteiger partial charge in [-0.15, -0.1) is 23.5 Å². The molecular formula is C19H16N2O3S2. The summed E-state index contributed by atoms with van der Waals surface area (Å²) >= 11 is 3.86. The lowest BCUT2D eigenvalue weighted by molar-refractivity contribution is 0.0728. The quantitative estimate of drug-likeness (QED) is 0.508. The highest BCUT2D eigenvalue weighted by Gasteiger charge is 2.20. The van der Waals surface area contributed by atoms with Gasteiger partial charge in [0.05, 0.1) is 9.97 Å². The molecule has 5 nitrogen and oxygen atoms in total. The minimum absolute atomic E-state index is 0.133. The first kappa shape index (κ1) is 17.2. The van der Waals surface area contributed by atoms with Gasteiger partial charge in [0.2, 0.25) is 0 Å². The summed E-state index contributed by atoms with van der Waals surface area (Å²) in [7, 11) is 1.53. The summed E-state index contributed by atoms with van der Waals surface area (Å²) in [4.78, 5) is 24.8. The monoisotopic (exact) mass is 384 g/mol. The van der Waals surface area contributed by atoms with Crippen molar-refractivity contribution in [1.29, 1.82) is 0 Å². The minimum atomic E-state index is -0.575. The molecule has 1 aliphatic rings. The third-order valence-corrected chi connectivity index (χ3v) is 7.24. The number of nitrogens with zero attached hydrogens (tertiary/aromatic N) is 2. The number of benzene rings is 2. The molecule has 1 fully saturated rings. The van der Waals surface area contributed by atoms with Gasteiger partial charge in [-0.1, -0.05) is 30.3 Å². The van der Waals surface area contributed by atoms with Gasteiger partial charge in [-0.25, -0.2) is 9.48 Å². The highest BCUT2D eigenvalue weighted by Crippen LogP contribution is 2.45. The molecule has 0 N–H and O–H groups in total. The Morgan fingerprint density at radius 1 is 1.08 bits per heavy atom. The van der Waals surface area contributed by atoms with E-state index in [1.54, 1.807) is 36.4 Å². The summed E-state index contributed by atoms with van der Waals surface area (Å²) in [5, 5.41) is 5.04. The molecule has 1 aromatic heterocycles. The summed E-state index contributed by atoms with van der Waals surface area (Å²) in [5.74, 6) is 2.22. The highest BCUT2D eigenvalue weighted by molar-refractivity contribution is 8.19. The van der Waals surface area contributed by atoms with Crippen LogP contribution in [0.1, 0.15) is 20.6 Å². The van der Waals surface area contributed by atoms with Crippen molar-refractivity contribution in [3.05, 3.63) is 70.1 Å². The lowest BCUT2D eigenvalue weighted by Crippen LogP contribution is -2.24. The summed E-state index contributed by atoms with van der Waals surface area (Å²) in [5.41, 5.74) is 1.12. The summed E-state index contributed by atoms with van der Waals surface area (Å²) in [6.45, 7) is 0. The Hall–Kier alpha value is -2.25. The van der Waals surface area contributed by atoms with Crippen molar-refractivity contribution in [3.63, 3.8) is 0 Å². The first-order valence-electron chi connectivity index (χ1n) is 8.15. The molecule has 4 rings (SSSR count). The second-order valence-electron chi connectivity index (χ2n) is 5.86. The van der Waals surface area contributed by atoms with E-state index in [9.17, 15) is 9.59 Å². The number of aromatic nitrogens is 2. The van der Waals surface area contributed by atoms with Crippen LogP contribution >= 0.6 is 23.5 Å². The maximum atomic E-state index is 12.6. The Balaban J connectivity index is 1.61. The van der Waals surface area contributed by atoms with Crippen LogP contribution in [0.25, 0.3) is 10.8 Å². The van der Waals surface area contributed by atoms with Gasteiger partial charge in [0, 0.05) is 23.9 Å². The predicted molar refractivity (Wildman–Crippen MR) is 106 cm³/mol. The molecule has 26 heavy (non-hydrogen) atoms. The zero-order chi connectivity index (χ0) is 18.1. The van der Waals surface area contributed by atoms with Crippen LogP contribution in [0.5, 0.6) is 5.75 Å². The van der Waals surface area contributed by atoms with Crippen LogP contribution in [-0.2, 0) is 7.05 Å². The molecule has 1 saturated heterocycles. The average molecular weight is 384 g/mol. The summed E-state index contributed by atoms with van der Waals surface area (Å²) < 4.78 is 7.11. The Labute approximate surface area is 158 Å². The first-order chi connectivity index (χ1) is 12.6. The molecule has 132 valence electrons. The molecule has 2 aromatic carbocycles. The number of hydrogen-bond acceptors (Lipinski definition) is 6. The fourth-order valence-corrected chi connectivity index (χ4v) is 5.71. The fourth-order valence-electron chi connectivity index (χ4n) is 2.85. The molecule has 3 aromatic rings. The van der Waals surface area contributed by atoms with Crippen molar-refractivity contribution in [2.75, 3.05) is 11.5 Å². The average Bonchev–Trinajstić information content (AvgIpc) is 3.20. The third-order valence-electron chi connectivity index (χ3n) is 4.13. The second kappa shape index (κ2) is 7.17. The van der Waals surface area contributed by atoms with Crippen molar-refractivity contribution < 1.29 is 9.53 Å². The van der Waals surface area contributed by atoms with E-state index in [-0.39, 0.29) is 11.3 Å². The van der Waals surface area contributed by atoms with E-state index in [1.807, 2.05) is 35.7 Å². The molecule has 0 unspecified atom stereocenters. The number of carbonyl (C=O) groups excluding carboxylic acids is 1. The zero-order valence-corrected chi connectivity index (χ0v) is 15.7. The summed E-state index contributed by atoms with van der Waals surface area (Å²) in [6, 6.07) is 14.5. The Morgan fingerprint density at radius 2 is 1.73 bits per heavy atom. The van der Waals surface area contributed by atoms with Crippen molar-refractivity contribution in [3.8, 4) is 5.75 Å². The van der Waals surface area contributed by atoms with E-state index >= 15 is 0 Å². The zero-order valence-electron chi connectivity index (χ0n) is 14.0. The lowest BCUT2D eigenvalue weighted by atomic mass is 10.1. The summed E-state index contributed by atoms with van der Waals surface area (Å²) in [6.07, 6.45) is 0. The first-order valence-corrected chi connectivity index (χ1v) is 10.2. The van der Waals surface area contributed by atoms with E-state index in [0.29, 0.717) is 21.1 Å². The number of ether oxygens (including phenoxy) is 1. The molecule has 7 heteroatoms. The SMILES string of the molecule is Cn1nc(C(=O)Oc2ccc(C3SCCS3)cc2)c2ccccc2c1=O. The van der Waals surface area contributed by atoms with Crippen LogP contribution in [-0.4, -0.2) is 27.3 Å². The predicted octanol–water partition coefficient (Wildman–Crippen LogP) is 3.63. The fraction of sp³-hybridized carbons (Fsp3) is 0.211. The van der Waals surface area contributed by atoms with Gasteiger partial charge >= 0.3 is 5.97 Å². The lowest BCUT2D eigenvalue weighted by Gasteiger charge is -2.10. The van der Waals surface area contributed by atoms with Crippen LogP contribution in [0.15, 0.2) is 53.3 Å². The van der Waals surface area contributed by atoms with Crippen molar-refractivity contribution in [2.45, 2.75) is 4.58 Å². The smallest absolute Gasteiger partial charge is 0.364 e. The molecule has 0 atom stereocenters. The number of hydrogen-bond donors (Lipinski definition) is 0. The number of fused-ring (bicyclic) bond motifs is 1. The highest BCUT2D eigenvalue weighted by atomic mass is 32.2. The van der Waals surface area contributed by atoms with E-state index < -0.39 is 5.97 Å². The van der Waals surface area contributed by atoms with Gasteiger partial charge in [-0.05, 0) is 23.8 Å². The van der Waals surface area contributed by atoms with E-state index in [0.717, 1.165) is 16.2 Å². The molecule has 1 aliphatic heterocycles. The van der Waals surface area contributed by atoms with E-state index in [2.05, 4.69) is 5.10 Å². The Bertz CT molecular complexity index is 1030. The standard InChI is InChI=1S/C19H16N2O3S2/c1-21-17(22)15-5-3-2-4-14(15)16(20-21)18(23)24-13-8-6-12(7-9-13)19-25-10-11-26-19/h2-9,19H,10-11H2,1H3.